The molecule has 2 nitrogen and oxygen atoms in total. The van der Waals surface area contributed by atoms with E-state index in [2.05, 4.69) is 13.8 Å². The van der Waals surface area contributed by atoms with Crippen LogP contribution >= 0.6 is 0 Å². The average molecular weight is 409 g/mol. The molecule has 29 heavy (non-hydrogen) atoms. The number of ketones is 2. The van der Waals surface area contributed by atoms with Crippen molar-refractivity contribution < 1.29 is 9.59 Å². The predicted molar refractivity (Wildman–Crippen MR) is 127 cm³/mol. The van der Waals surface area contributed by atoms with Gasteiger partial charge in [-0.05, 0) is 12.8 Å². The summed E-state index contributed by atoms with van der Waals surface area (Å²) in [5, 5.41) is 0. The zero-order chi connectivity index (χ0) is 21.7. The zero-order valence-electron chi connectivity index (χ0n) is 20.4. The van der Waals surface area contributed by atoms with Gasteiger partial charge in [0.1, 0.15) is 11.6 Å². The number of hydrogen-bond acceptors (Lipinski definition) is 2. The van der Waals surface area contributed by atoms with Crippen LogP contribution in [0.15, 0.2) is 0 Å². The second kappa shape index (κ2) is 20.6. The fraction of sp³-hybridized carbons (Fsp3) is 0.926. The summed E-state index contributed by atoms with van der Waals surface area (Å²) in [5.41, 5.74) is 0. The van der Waals surface area contributed by atoms with E-state index in [1.807, 2.05) is 13.8 Å². The summed E-state index contributed by atoms with van der Waals surface area (Å²) in [7, 11) is 0. The molecule has 0 radical (unpaired) electrons. The van der Waals surface area contributed by atoms with Gasteiger partial charge in [-0.25, -0.2) is 0 Å². The fourth-order valence-corrected chi connectivity index (χ4v) is 4.01. The molecule has 2 atom stereocenters. The minimum atomic E-state index is 0.0503. The van der Waals surface area contributed by atoms with Crippen molar-refractivity contribution in [2.45, 2.75) is 150 Å². The monoisotopic (exact) mass is 408 g/mol. The Morgan fingerprint density at radius 3 is 1.07 bits per heavy atom. The molecule has 0 N–H and O–H groups in total. The maximum absolute atomic E-state index is 12.4. The topological polar surface area (TPSA) is 34.1 Å². The molecule has 0 aliphatic rings. The van der Waals surface area contributed by atoms with Crippen LogP contribution in [0.4, 0.5) is 0 Å². The van der Waals surface area contributed by atoms with Gasteiger partial charge in [0.15, 0.2) is 0 Å². The van der Waals surface area contributed by atoms with E-state index in [-0.39, 0.29) is 29.8 Å². The largest absolute Gasteiger partial charge is 0.299 e. The molecule has 0 amide bonds. The van der Waals surface area contributed by atoms with Crippen molar-refractivity contribution in [1.29, 1.82) is 0 Å². The molecule has 2 heteroatoms. The summed E-state index contributed by atoms with van der Waals surface area (Å²) in [5.74, 6) is 0.435. The van der Waals surface area contributed by atoms with Gasteiger partial charge in [-0.15, -0.1) is 0 Å². The minimum absolute atomic E-state index is 0.0503. The number of hydrogen-bond donors (Lipinski definition) is 0. The summed E-state index contributed by atoms with van der Waals surface area (Å²) in [6.07, 6.45) is 22.8. The van der Waals surface area contributed by atoms with Crippen molar-refractivity contribution in [1.82, 2.24) is 0 Å². The molecular formula is C27H52O2. The summed E-state index contributed by atoms with van der Waals surface area (Å²) >= 11 is 0. The highest BCUT2D eigenvalue weighted by Gasteiger charge is 2.20. The first-order valence-electron chi connectivity index (χ1n) is 13.1. The quantitative estimate of drug-likeness (QED) is 0.132. The van der Waals surface area contributed by atoms with Gasteiger partial charge in [0.25, 0.3) is 0 Å². The number of Topliss-reactive ketones (excluding diaryl/α,β-unsaturated/α-hetero) is 2. The molecular weight excluding hydrogens is 356 g/mol. The lowest BCUT2D eigenvalue weighted by Crippen LogP contribution is -2.20. The van der Waals surface area contributed by atoms with Crippen molar-refractivity contribution in [2.24, 2.45) is 11.8 Å². The highest BCUT2D eigenvalue weighted by Crippen LogP contribution is 2.18. The van der Waals surface area contributed by atoms with Crippen LogP contribution < -0.4 is 0 Å². The third-order valence-electron chi connectivity index (χ3n) is 6.43. The first kappa shape index (κ1) is 28.3. The van der Waals surface area contributed by atoms with Crippen molar-refractivity contribution >= 4 is 11.6 Å². The van der Waals surface area contributed by atoms with Crippen LogP contribution in [0.1, 0.15) is 150 Å². The van der Waals surface area contributed by atoms with Gasteiger partial charge in [0, 0.05) is 11.8 Å². The molecule has 0 aromatic rings. The first-order chi connectivity index (χ1) is 14.0. The van der Waals surface area contributed by atoms with Crippen LogP contribution in [0, 0.1) is 11.8 Å². The van der Waals surface area contributed by atoms with Gasteiger partial charge in [-0.1, -0.05) is 130 Å². The summed E-state index contributed by atoms with van der Waals surface area (Å²) in [6, 6.07) is 0. The molecule has 0 fully saturated rings. The number of carbonyl (C=O) groups is 2. The number of unbranched alkanes of at least 4 members (excludes halogenated alkanes) is 14. The summed E-state index contributed by atoms with van der Waals surface area (Å²) < 4.78 is 0. The van der Waals surface area contributed by atoms with E-state index in [1.165, 1.54) is 89.9 Å². The zero-order valence-corrected chi connectivity index (χ0v) is 20.4. The second-order valence-corrected chi connectivity index (χ2v) is 9.44. The number of rotatable bonds is 22. The van der Waals surface area contributed by atoms with E-state index < -0.39 is 0 Å². The van der Waals surface area contributed by atoms with Gasteiger partial charge in [-0.2, -0.15) is 0 Å². The molecule has 0 aliphatic carbocycles. The molecule has 0 aliphatic heterocycles. The van der Waals surface area contributed by atoms with Crippen molar-refractivity contribution in [3.63, 3.8) is 0 Å². The highest BCUT2D eigenvalue weighted by molar-refractivity contribution is 6.00. The minimum Gasteiger partial charge on any atom is -0.299 e. The average Bonchev–Trinajstić information content (AvgIpc) is 2.71. The molecule has 172 valence electrons. The lowest BCUT2D eigenvalue weighted by molar-refractivity contribution is -0.131. The maximum Gasteiger partial charge on any atom is 0.143 e. The molecule has 0 heterocycles. The predicted octanol–water partition coefficient (Wildman–Crippen LogP) is 8.85. The van der Waals surface area contributed by atoms with Gasteiger partial charge in [-0.3, -0.25) is 9.59 Å². The number of carbonyl (C=O) groups excluding carboxylic acids is 2. The van der Waals surface area contributed by atoms with E-state index in [9.17, 15) is 9.59 Å². The van der Waals surface area contributed by atoms with E-state index in [0.29, 0.717) is 0 Å². The molecule has 0 aromatic carbocycles. The van der Waals surface area contributed by atoms with Gasteiger partial charge >= 0.3 is 0 Å². The van der Waals surface area contributed by atoms with E-state index in [4.69, 9.17) is 0 Å². The lowest BCUT2D eigenvalue weighted by Gasteiger charge is -2.13. The third kappa shape index (κ3) is 17.9. The van der Waals surface area contributed by atoms with Crippen LogP contribution in [-0.4, -0.2) is 11.6 Å². The molecule has 0 rings (SSSR count). The normalized spacial score (nSPS) is 13.4. The maximum atomic E-state index is 12.4. The van der Waals surface area contributed by atoms with Crippen LogP contribution in [0.3, 0.4) is 0 Å². The van der Waals surface area contributed by atoms with Crippen LogP contribution in [0.2, 0.25) is 0 Å². The third-order valence-corrected chi connectivity index (χ3v) is 6.43. The lowest BCUT2D eigenvalue weighted by atomic mass is 9.90. The Hall–Kier alpha value is -0.660. The summed E-state index contributed by atoms with van der Waals surface area (Å²) in [4.78, 5) is 24.8. The first-order valence-corrected chi connectivity index (χ1v) is 13.1. The molecule has 0 saturated heterocycles. The Morgan fingerprint density at radius 2 is 0.759 bits per heavy atom. The Morgan fingerprint density at radius 1 is 0.483 bits per heavy atom. The van der Waals surface area contributed by atoms with Crippen molar-refractivity contribution in [3.05, 3.63) is 0 Å². The SMILES string of the molecule is CCCCCCCCCCC(C)C(=O)CC(=O)C(C)CCCCCCCCCC. The second-order valence-electron chi connectivity index (χ2n) is 9.44. The van der Waals surface area contributed by atoms with E-state index in [0.717, 1.165) is 25.7 Å². The molecule has 0 saturated carbocycles. The van der Waals surface area contributed by atoms with Crippen LogP contribution in [-0.2, 0) is 9.59 Å². The van der Waals surface area contributed by atoms with Gasteiger partial charge in [0.05, 0.1) is 6.42 Å². The smallest absolute Gasteiger partial charge is 0.143 e. The Balaban J connectivity index is 3.70. The molecule has 0 aromatic heterocycles. The van der Waals surface area contributed by atoms with E-state index in [1.54, 1.807) is 0 Å². The van der Waals surface area contributed by atoms with Crippen LogP contribution in [0.5, 0.6) is 0 Å². The Labute approximate surface area is 183 Å². The Kier molecular flexibility index (Phi) is 20.1. The highest BCUT2D eigenvalue weighted by atomic mass is 16.1. The standard InChI is InChI=1S/C27H52O2/c1-5-7-9-11-13-15-17-19-21-24(3)26(28)23-27(29)25(4)22-20-18-16-14-12-10-8-6-2/h24-25H,5-23H2,1-4H3. The molecule has 0 spiro atoms. The Bertz CT molecular complexity index is 352. The van der Waals surface area contributed by atoms with Crippen molar-refractivity contribution in [3.8, 4) is 0 Å². The van der Waals surface area contributed by atoms with E-state index >= 15 is 0 Å². The summed E-state index contributed by atoms with van der Waals surface area (Å²) in [6.45, 7) is 8.53. The van der Waals surface area contributed by atoms with Crippen LogP contribution in [0.25, 0.3) is 0 Å². The fourth-order valence-electron chi connectivity index (χ4n) is 4.01. The van der Waals surface area contributed by atoms with Gasteiger partial charge < -0.3 is 0 Å². The molecule has 2 unspecified atom stereocenters. The molecule has 0 bridgehead atoms. The van der Waals surface area contributed by atoms with Crippen molar-refractivity contribution in [2.75, 3.05) is 0 Å². The van der Waals surface area contributed by atoms with Gasteiger partial charge in [0.2, 0.25) is 0 Å².